The molecule has 0 atom stereocenters. The van der Waals surface area contributed by atoms with E-state index in [1.165, 1.54) is 0 Å². The van der Waals surface area contributed by atoms with Gasteiger partial charge in [-0.25, -0.2) is 4.98 Å². The van der Waals surface area contributed by atoms with Gasteiger partial charge in [-0.2, -0.15) is 0 Å². The van der Waals surface area contributed by atoms with Crippen molar-refractivity contribution < 1.29 is 4.79 Å². The summed E-state index contributed by atoms with van der Waals surface area (Å²) in [7, 11) is 0. The predicted molar refractivity (Wildman–Crippen MR) is 85.6 cm³/mol. The van der Waals surface area contributed by atoms with E-state index in [1.807, 2.05) is 17.0 Å². The maximum atomic E-state index is 12.4. The van der Waals surface area contributed by atoms with Crippen LogP contribution in [0.2, 0.25) is 0 Å². The van der Waals surface area contributed by atoms with E-state index in [1.54, 1.807) is 6.20 Å². The normalized spacial score (nSPS) is 16.3. The number of hydrogen-bond donors (Lipinski definition) is 1. The molecule has 1 saturated heterocycles. The first kappa shape index (κ1) is 15.8. The lowest BCUT2D eigenvalue weighted by Crippen LogP contribution is -2.48. The molecule has 0 spiro atoms. The number of pyridine rings is 1. The van der Waals surface area contributed by atoms with Gasteiger partial charge in [0, 0.05) is 32.7 Å². The first-order chi connectivity index (χ1) is 10.1. The molecule has 1 aromatic rings. The zero-order valence-corrected chi connectivity index (χ0v) is 13.3. The molecule has 0 bridgehead atoms. The van der Waals surface area contributed by atoms with Gasteiger partial charge in [0.1, 0.15) is 5.69 Å². The number of piperazine rings is 1. The molecule has 1 aromatic heterocycles. The molecule has 1 fully saturated rings. The molecule has 2 heterocycles. The van der Waals surface area contributed by atoms with Gasteiger partial charge in [0.2, 0.25) is 0 Å². The second-order valence-electron chi connectivity index (χ2n) is 5.93. The highest BCUT2D eigenvalue weighted by Gasteiger charge is 2.21. The first-order valence-electron chi connectivity index (χ1n) is 7.81. The van der Waals surface area contributed by atoms with Crippen molar-refractivity contribution in [3.05, 3.63) is 24.0 Å². The van der Waals surface area contributed by atoms with Gasteiger partial charge in [-0.1, -0.05) is 20.8 Å². The lowest BCUT2D eigenvalue weighted by molar-refractivity contribution is 0.0637. The monoisotopic (exact) mass is 290 g/mol. The van der Waals surface area contributed by atoms with Gasteiger partial charge in [-0.3, -0.25) is 4.79 Å². The van der Waals surface area contributed by atoms with Crippen LogP contribution in [0.5, 0.6) is 0 Å². The third kappa shape index (κ3) is 4.43. The van der Waals surface area contributed by atoms with Gasteiger partial charge in [0.25, 0.3) is 5.91 Å². The quantitative estimate of drug-likeness (QED) is 0.900. The molecule has 0 saturated carbocycles. The smallest absolute Gasteiger partial charge is 0.272 e. The van der Waals surface area contributed by atoms with Crippen molar-refractivity contribution in [2.24, 2.45) is 5.92 Å². The fourth-order valence-electron chi connectivity index (χ4n) is 2.38. The zero-order valence-electron chi connectivity index (χ0n) is 13.3. The van der Waals surface area contributed by atoms with E-state index >= 15 is 0 Å². The van der Waals surface area contributed by atoms with E-state index in [0.29, 0.717) is 11.6 Å². The second kappa shape index (κ2) is 7.41. The third-order valence-corrected chi connectivity index (χ3v) is 3.80. The molecular weight excluding hydrogens is 264 g/mol. The standard InChI is InChI=1S/C16H26N4O/c1-4-19-7-9-20(10-8-19)16(21)15-6-5-14(12-18-15)17-11-13(2)3/h5-6,12-13,17H,4,7-11H2,1-3H3. The first-order valence-corrected chi connectivity index (χ1v) is 7.81. The Morgan fingerprint density at radius 2 is 2.00 bits per heavy atom. The van der Waals surface area contributed by atoms with E-state index in [-0.39, 0.29) is 5.91 Å². The van der Waals surface area contributed by atoms with Gasteiger partial charge < -0.3 is 15.1 Å². The fraction of sp³-hybridized carbons (Fsp3) is 0.625. The van der Waals surface area contributed by atoms with Gasteiger partial charge >= 0.3 is 0 Å². The Kier molecular flexibility index (Phi) is 5.56. The molecule has 116 valence electrons. The van der Waals surface area contributed by atoms with Crippen molar-refractivity contribution >= 4 is 11.6 Å². The highest BCUT2D eigenvalue weighted by atomic mass is 16.2. The van der Waals surface area contributed by atoms with Crippen LogP contribution in [0.15, 0.2) is 18.3 Å². The summed E-state index contributed by atoms with van der Waals surface area (Å²) < 4.78 is 0. The Hall–Kier alpha value is -1.62. The zero-order chi connectivity index (χ0) is 15.2. The largest absolute Gasteiger partial charge is 0.384 e. The summed E-state index contributed by atoms with van der Waals surface area (Å²) in [6.45, 7) is 11.9. The van der Waals surface area contributed by atoms with Crippen molar-refractivity contribution in [1.29, 1.82) is 0 Å². The van der Waals surface area contributed by atoms with Crippen molar-refractivity contribution in [3.8, 4) is 0 Å². The van der Waals surface area contributed by atoms with Crippen LogP contribution in [-0.2, 0) is 0 Å². The van der Waals surface area contributed by atoms with Gasteiger partial charge in [0.15, 0.2) is 0 Å². The second-order valence-corrected chi connectivity index (χ2v) is 5.93. The fourth-order valence-corrected chi connectivity index (χ4v) is 2.38. The lowest BCUT2D eigenvalue weighted by Gasteiger charge is -2.33. The van der Waals surface area contributed by atoms with E-state index < -0.39 is 0 Å². The molecule has 1 amide bonds. The maximum Gasteiger partial charge on any atom is 0.272 e. The van der Waals surface area contributed by atoms with Gasteiger partial charge in [-0.15, -0.1) is 0 Å². The molecule has 0 radical (unpaired) electrons. The molecule has 0 aliphatic carbocycles. The van der Waals surface area contributed by atoms with Crippen LogP contribution in [0.3, 0.4) is 0 Å². The number of nitrogens with one attached hydrogen (secondary N) is 1. The van der Waals surface area contributed by atoms with E-state index in [2.05, 4.69) is 36.0 Å². The Bertz CT molecular complexity index is 450. The topological polar surface area (TPSA) is 48.5 Å². The number of anilines is 1. The summed E-state index contributed by atoms with van der Waals surface area (Å²) in [6.07, 6.45) is 1.75. The average Bonchev–Trinajstić information content (AvgIpc) is 2.53. The number of amides is 1. The van der Waals surface area contributed by atoms with E-state index in [9.17, 15) is 4.79 Å². The van der Waals surface area contributed by atoms with Crippen molar-refractivity contribution in [3.63, 3.8) is 0 Å². The number of carbonyl (C=O) groups excluding carboxylic acids is 1. The minimum absolute atomic E-state index is 0.0427. The Morgan fingerprint density at radius 1 is 1.29 bits per heavy atom. The van der Waals surface area contributed by atoms with Crippen LogP contribution in [0, 0.1) is 5.92 Å². The number of hydrogen-bond acceptors (Lipinski definition) is 4. The van der Waals surface area contributed by atoms with Crippen molar-refractivity contribution in [2.75, 3.05) is 44.6 Å². The molecule has 2 rings (SSSR count). The molecule has 0 unspecified atom stereocenters. The van der Waals surface area contributed by atoms with Crippen LogP contribution in [0.25, 0.3) is 0 Å². The predicted octanol–water partition coefficient (Wildman–Crippen LogP) is 1.93. The van der Waals surface area contributed by atoms with Crippen LogP contribution < -0.4 is 5.32 Å². The number of carbonyl (C=O) groups is 1. The highest BCUT2D eigenvalue weighted by Crippen LogP contribution is 2.11. The van der Waals surface area contributed by atoms with E-state index in [4.69, 9.17) is 0 Å². The van der Waals surface area contributed by atoms with Crippen molar-refractivity contribution in [2.45, 2.75) is 20.8 Å². The summed E-state index contributed by atoms with van der Waals surface area (Å²) in [5.41, 5.74) is 1.51. The SMILES string of the molecule is CCN1CCN(C(=O)c2ccc(NCC(C)C)cn2)CC1. The molecule has 5 heteroatoms. The van der Waals surface area contributed by atoms with E-state index in [0.717, 1.165) is 45.0 Å². The summed E-state index contributed by atoms with van der Waals surface area (Å²) >= 11 is 0. The number of nitrogens with zero attached hydrogens (tertiary/aromatic N) is 3. The minimum Gasteiger partial charge on any atom is -0.384 e. The van der Waals surface area contributed by atoms with Crippen LogP contribution in [-0.4, -0.2) is 60.0 Å². The molecular formula is C16H26N4O. The Morgan fingerprint density at radius 3 is 2.52 bits per heavy atom. The van der Waals surface area contributed by atoms with Crippen LogP contribution >= 0.6 is 0 Å². The number of aromatic nitrogens is 1. The van der Waals surface area contributed by atoms with Crippen molar-refractivity contribution in [1.82, 2.24) is 14.8 Å². The Balaban J connectivity index is 1.91. The lowest BCUT2D eigenvalue weighted by atomic mass is 10.2. The van der Waals surface area contributed by atoms with Gasteiger partial charge in [0.05, 0.1) is 11.9 Å². The average molecular weight is 290 g/mol. The summed E-state index contributed by atoms with van der Waals surface area (Å²) in [5.74, 6) is 0.627. The molecule has 0 aromatic carbocycles. The number of likely N-dealkylation sites (N-methyl/N-ethyl adjacent to an activating group) is 1. The minimum atomic E-state index is 0.0427. The Labute approximate surface area is 127 Å². The third-order valence-electron chi connectivity index (χ3n) is 3.80. The van der Waals surface area contributed by atoms with Crippen LogP contribution in [0.1, 0.15) is 31.3 Å². The highest BCUT2D eigenvalue weighted by molar-refractivity contribution is 5.92. The molecule has 1 aliphatic heterocycles. The molecule has 21 heavy (non-hydrogen) atoms. The summed E-state index contributed by atoms with van der Waals surface area (Å²) in [6, 6.07) is 3.75. The maximum absolute atomic E-state index is 12.4. The number of rotatable bonds is 5. The van der Waals surface area contributed by atoms with Crippen LogP contribution in [0.4, 0.5) is 5.69 Å². The molecule has 1 aliphatic rings. The molecule has 1 N–H and O–H groups in total. The van der Waals surface area contributed by atoms with Gasteiger partial charge in [-0.05, 0) is 24.6 Å². The summed E-state index contributed by atoms with van der Waals surface area (Å²) in [5, 5.41) is 3.31. The molecule has 5 nitrogen and oxygen atoms in total. The summed E-state index contributed by atoms with van der Waals surface area (Å²) in [4.78, 5) is 21.0.